The molecule has 0 nitrogen and oxygen atoms in total. The minimum Gasteiger partial charge on any atom is -0.0469 e. The van der Waals surface area contributed by atoms with Gasteiger partial charge in [0.2, 0.25) is 0 Å². The first kappa shape index (κ1) is 20.4. The fourth-order valence-corrected chi connectivity index (χ4v) is 2.35. The van der Waals surface area contributed by atoms with E-state index in [1.807, 2.05) is 0 Å². The maximum atomic E-state index is 5.54. The Morgan fingerprint density at radius 2 is 0.417 bits per heavy atom. The van der Waals surface area contributed by atoms with Gasteiger partial charge in [-0.15, -0.1) is 0 Å². The fourth-order valence-electron chi connectivity index (χ4n) is 1.78. The molecule has 24 heavy (non-hydrogen) atoms. The minimum atomic E-state index is 0.315. The zero-order chi connectivity index (χ0) is 17.9. The van der Waals surface area contributed by atoms with E-state index in [1.165, 1.54) is 0 Å². The van der Waals surface area contributed by atoms with Gasteiger partial charge in [-0.05, 0) is 105 Å². The number of rotatable bonds is 0. The van der Waals surface area contributed by atoms with Crippen molar-refractivity contribution >= 4 is 69.6 Å². The van der Waals surface area contributed by atoms with Gasteiger partial charge in [-0.1, -0.05) is 0 Å². The molecule has 0 heterocycles. The van der Waals surface area contributed by atoms with Crippen molar-refractivity contribution in [3.63, 3.8) is 0 Å². The van der Waals surface area contributed by atoms with Gasteiger partial charge in [-0.25, -0.2) is 0 Å². The lowest BCUT2D eigenvalue weighted by molar-refractivity contribution is 1.44. The second kappa shape index (κ2) is 11.0. The van der Waals surface area contributed by atoms with Crippen LogP contribution in [0.25, 0.3) is 0 Å². The molecule has 0 aliphatic carbocycles. The summed E-state index contributed by atoms with van der Waals surface area (Å²) in [5, 5.41) is 13.5. The molecule has 1 rings (SSSR count). The molecule has 0 fully saturated rings. The highest BCUT2D eigenvalue weighted by molar-refractivity contribution is 6.32. The van der Waals surface area contributed by atoms with Gasteiger partial charge in [0.1, 0.15) is 0 Å². The number of halogens is 6. The highest BCUT2D eigenvalue weighted by Crippen LogP contribution is 2.27. The van der Waals surface area contributed by atoms with Crippen LogP contribution in [0.5, 0.6) is 0 Å². The molecular formula is C18Cl6. The van der Waals surface area contributed by atoms with Crippen molar-refractivity contribution in [2.45, 2.75) is 0 Å². The lowest BCUT2D eigenvalue weighted by atomic mass is 9.87. The van der Waals surface area contributed by atoms with Crippen molar-refractivity contribution in [3.05, 3.63) is 33.4 Å². The minimum absolute atomic E-state index is 0.315. The monoisotopic (exact) mass is 426 g/mol. The number of hydrogen-bond donors (Lipinski definition) is 0. The number of hydrogen-bond acceptors (Lipinski definition) is 0. The Morgan fingerprint density at radius 1 is 0.292 bits per heavy atom. The van der Waals surface area contributed by atoms with Crippen molar-refractivity contribution in [2.24, 2.45) is 0 Å². The third kappa shape index (κ3) is 4.67. The molecule has 0 aliphatic heterocycles. The Kier molecular flexibility index (Phi) is 9.31. The average molecular weight is 429 g/mol. The van der Waals surface area contributed by atoms with E-state index < -0.39 is 0 Å². The van der Waals surface area contributed by atoms with Crippen LogP contribution in [0, 0.1) is 67.8 Å². The van der Waals surface area contributed by atoms with E-state index in [0.29, 0.717) is 33.4 Å². The van der Waals surface area contributed by atoms with Gasteiger partial charge in [0, 0.05) is 32.3 Å². The molecule has 0 saturated heterocycles. The summed E-state index contributed by atoms with van der Waals surface area (Å²) in [7, 11) is 0. The van der Waals surface area contributed by atoms with Crippen LogP contribution in [0.15, 0.2) is 0 Å². The van der Waals surface area contributed by atoms with Crippen LogP contribution >= 0.6 is 69.6 Å². The predicted molar refractivity (Wildman–Crippen MR) is 103 cm³/mol. The standard InChI is InChI=1S/C18Cl6/c19-7-1-13-14(2-8-20)16(4-10-22)18(6-12-24)17(5-11-23)15(13)3-9-21. The highest BCUT2D eigenvalue weighted by atomic mass is 35.5. The fraction of sp³-hybridized carbons (Fsp3) is 0. The van der Waals surface area contributed by atoms with Gasteiger partial charge < -0.3 is 0 Å². The van der Waals surface area contributed by atoms with Crippen LogP contribution in [0.4, 0.5) is 0 Å². The lowest BCUT2D eigenvalue weighted by Crippen LogP contribution is -2.04. The van der Waals surface area contributed by atoms with Gasteiger partial charge >= 0.3 is 0 Å². The summed E-state index contributed by atoms with van der Waals surface area (Å²) in [5.74, 6) is 16.0. The Labute approximate surface area is 170 Å². The molecule has 0 amide bonds. The summed E-state index contributed by atoms with van der Waals surface area (Å²) in [4.78, 5) is 0. The second-order valence-corrected chi connectivity index (χ2v) is 4.70. The van der Waals surface area contributed by atoms with Gasteiger partial charge in [0.05, 0.1) is 33.4 Å². The van der Waals surface area contributed by atoms with Gasteiger partial charge in [0.15, 0.2) is 0 Å². The molecule has 1 aromatic carbocycles. The summed E-state index contributed by atoms with van der Waals surface area (Å²) in [6, 6.07) is 0. The lowest BCUT2D eigenvalue weighted by Gasteiger charge is -2.11. The first-order valence-electron chi connectivity index (χ1n) is 5.63. The zero-order valence-corrected chi connectivity index (χ0v) is 15.8. The van der Waals surface area contributed by atoms with E-state index in [9.17, 15) is 0 Å². The smallest absolute Gasteiger partial charge is 0.0469 e. The van der Waals surface area contributed by atoms with E-state index in [4.69, 9.17) is 69.6 Å². The van der Waals surface area contributed by atoms with E-state index in [0.717, 1.165) is 0 Å². The molecule has 1 aromatic rings. The Bertz CT molecular complexity index is 799. The SMILES string of the molecule is ClC#Cc1c(C#CCl)c(C#CCl)c(C#CCl)c(C#CCl)c1C#CCl. The maximum Gasteiger partial charge on any atom is 0.0598 e. The summed E-state index contributed by atoms with van der Waals surface area (Å²) in [6.07, 6.45) is 0. The second-order valence-electron chi connectivity index (χ2n) is 3.57. The summed E-state index contributed by atoms with van der Waals surface area (Å²) in [5.41, 5.74) is 1.89. The van der Waals surface area contributed by atoms with E-state index in [2.05, 4.69) is 67.8 Å². The van der Waals surface area contributed by atoms with Crippen molar-refractivity contribution in [3.8, 4) is 67.8 Å². The van der Waals surface area contributed by atoms with Gasteiger partial charge in [-0.3, -0.25) is 0 Å². The quantitative estimate of drug-likeness (QED) is 0.512. The third-order valence-corrected chi connectivity index (χ3v) is 3.10. The molecule has 6 heteroatoms. The van der Waals surface area contributed by atoms with E-state index >= 15 is 0 Å². The van der Waals surface area contributed by atoms with Crippen LogP contribution in [0.2, 0.25) is 0 Å². The predicted octanol–water partition coefficient (Wildman–Crippen LogP) is 4.97. The topological polar surface area (TPSA) is 0 Å². The summed E-state index contributed by atoms with van der Waals surface area (Å²) < 4.78 is 0. The molecule has 0 radical (unpaired) electrons. The molecular weight excluding hydrogens is 429 g/mol. The third-order valence-electron chi connectivity index (χ3n) is 2.53. The molecule has 0 N–H and O–H groups in total. The molecule has 0 bridgehead atoms. The van der Waals surface area contributed by atoms with Crippen molar-refractivity contribution in [1.29, 1.82) is 0 Å². The molecule has 0 spiro atoms. The summed E-state index contributed by atoms with van der Waals surface area (Å²) in [6.45, 7) is 0. The van der Waals surface area contributed by atoms with Crippen LogP contribution in [-0.4, -0.2) is 0 Å². The molecule has 0 aliphatic rings. The first-order chi connectivity index (χ1) is 11.7. The molecule has 0 unspecified atom stereocenters. The van der Waals surface area contributed by atoms with Crippen molar-refractivity contribution < 1.29 is 0 Å². The Balaban J connectivity index is 4.39. The first-order valence-corrected chi connectivity index (χ1v) is 7.90. The molecule has 0 atom stereocenters. The van der Waals surface area contributed by atoms with Crippen LogP contribution in [0.3, 0.4) is 0 Å². The van der Waals surface area contributed by atoms with Crippen molar-refractivity contribution in [1.82, 2.24) is 0 Å². The van der Waals surface area contributed by atoms with E-state index in [1.54, 1.807) is 0 Å². The summed E-state index contributed by atoms with van der Waals surface area (Å²) >= 11 is 33.3. The van der Waals surface area contributed by atoms with E-state index in [-0.39, 0.29) is 0 Å². The van der Waals surface area contributed by atoms with Gasteiger partial charge in [-0.2, -0.15) is 0 Å². The normalized spacial score (nSPS) is 7.25. The van der Waals surface area contributed by atoms with Crippen molar-refractivity contribution in [2.75, 3.05) is 0 Å². The average Bonchev–Trinajstić information content (AvgIpc) is 2.57. The molecule has 0 saturated carbocycles. The largest absolute Gasteiger partial charge is 0.0598 e. The van der Waals surface area contributed by atoms with Crippen LogP contribution in [-0.2, 0) is 0 Å². The number of benzene rings is 1. The zero-order valence-electron chi connectivity index (χ0n) is 11.3. The van der Waals surface area contributed by atoms with Crippen LogP contribution in [0.1, 0.15) is 33.4 Å². The van der Waals surface area contributed by atoms with Gasteiger partial charge in [0.25, 0.3) is 0 Å². The molecule has 0 aromatic heterocycles. The van der Waals surface area contributed by atoms with Crippen LogP contribution < -0.4 is 0 Å². The highest BCUT2D eigenvalue weighted by Gasteiger charge is 2.19. The Morgan fingerprint density at radius 3 is 0.500 bits per heavy atom. The maximum absolute atomic E-state index is 5.54. The Hall–Kier alpha value is -1.68. The molecule has 114 valence electrons.